The lowest BCUT2D eigenvalue weighted by Crippen LogP contribution is -2.24. The second-order valence-corrected chi connectivity index (χ2v) is 6.09. The maximum atomic E-state index is 13.1. The quantitative estimate of drug-likeness (QED) is 0.603. The van der Waals surface area contributed by atoms with Crippen LogP contribution in [0, 0.1) is 5.82 Å². The van der Waals surface area contributed by atoms with Gasteiger partial charge >= 0.3 is 0 Å². The van der Waals surface area contributed by atoms with Crippen LogP contribution in [0.5, 0.6) is 0 Å². The van der Waals surface area contributed by atoms with Gasteiger partial charge in [0.15, 0.2) is 5.82 Å². The Morgan fingerprint density at radius 3 is 2.70 bits per heavy atom. The number of carbonyl (C=O) groups excluding carboxylic acids is 1. The van der Waals surface area contributed by atoms with Gasteiger partial charge in [-0.3, -0.25) is 4.79 Å². The van der Waals surface area contributed by atoms with E-state index in [1.807, 2.05) is 12.1 Å². The van der Waals surface area contributed by atoms with Crippen molar-refractivity contribution in [3.8, 4) is 11.4 Å². The number of unbranched alkanes of at least 4 members (excludes halogenated alkanes) is 1. The third kappa shape index (κ3) is 5.10. The molecule has 3 aromatic rings. The summed E-state index contributed by atoms with van der Waals surface area (Å²) < 4.78 is 13.1. The number of hydrogen-bond acceptors (Lipinski definition) is 4. The maximum absolute atomic E-state index is 13.1. The summed E-state index contributed by atoms with van der Waals surface area (Å²) in [6.07, 6.45) is 3.62. The average molecular weight is 364 g/mol. The zero-order valence-corrected chi connectivity index (χ0v) is 15.1. The van der Waals surface area contributed by atoms with Crippen molar-refractivity contribution < 1.29 is 9.18 Å². The molecule has 0 unspecified atom stereocenters. The highest BCUT2D eigenvalue weighted by molar-refractivity contribution is 5.95. The molecule has 2 aromatic carbocycles. The molecule has 5 nitrogen and oxygen atoms in total. The van der Waals surface area contributed by atoms with Crippen LogP contribution in [-0.2, 0) is 0 Å². The molecule has 1 amide bonds. The molecule has 0 aliphatic heterocycles. The molecule has 0 saturated heterocycles. The van der Waals surface area contributed by atoms with Crippen molar-refractivity contribution in [3.63, 3.8) is 0 Å². The van der Waals surface area contributed by atoms with Gasteiger partial charge in [0, 0.05) is 29.6 Å². The Morgan fingerprint density at radius 2 is 1.93 bits per heavy atom. The van der Waals surface area contributed by atoms with Crippen LogP contribution >= 0.6 is 0 Å². The molecule has 0 aliphatic carbocycles. The van der Waals surface area contributed by atoms with Gasteiger partial charge in [-0.25, -0.2) is 14.4 Å². The summed E-state index contributed by atoms with van der Waals surface area (Å²) in [7, 11) is 0. The fourth-order valence-electron chi connectivity index (χ4n) is 2.53. The first-order valence-corrected chi connectivity index (χ1v) is 8.90. The number of aromatic nitrogens is 2. The number of carbonyl (C=O) groups is 1. The van der Waals surface area contributed by atoms with Gasteiger partial charge in [-0.2, -0.15) is 0 Å². The van der Waals surface area contributed by atoms with Crippen LogP contribution < -0.4 is 10.6 Å². The van der Waals surface area contributed by atoms with Crippen LogP contribution in [0.25, 0.3) is 11.4 Å². The molecular weight excluding hydrogens is 343 g/mol. The van der Waals surface area contributed by atoms with Gasteiger partial charge < -0.3 is 10.6 Å². The van der Waals surface area contributed by atoms with Gasteiger partial charge in [0.25, 0.3) is 5.91 Å². The summed E-state index contributed by atoms with van der Waals surface area (Å²) in [5.74, 6) is 0.685. The average Bonchev–Trinajstić information content (AvgIpc) is 2.69. The van der Waals surface area contributed by atoms with Crippen LogP contribution in [0.15, 0.2) is 60.8 Å². The molecular formula is C21H21FN4O. The summed E-state index contributed by atoms with van der Waals surface area (Å²) >= 11 is 0. The topological polar surface area (TPSA) is 66.9 Å². The molecule has 6 heteroatoms. The highest BCUT2D eigenvalue weighted by Crippen LogP contribution is 2.20. The van der Waals surface area contributed by atoms with Gasteiger partial charge in [-0.05, 0) is 55.0 Å². The summed E-state index contributed by atoms with van der Waals surface area (Å²) in [6.45, 7) is 2.75. The summed E-state index contributed by atoms with van der Waals surface area (Å²) in [5, 5.41) is 6.09. The Hall–Kier alpha value is -3.28. The van der Waals surface area contributed by atoms with Gasteiger partial charge in [0.2, 0.25) is 0 Å². The fourth-order valence-corrected chi connectivity index (χ4v) is 2.53. The number of nitrogens with one attached hydrogen (secondary N) is 2. The minimum Gasteiger partial charge on any atom is -0.352 e. The first kappa shape index (κ1) is 18.5. The van der Waals surface area contributed by atoms with E-state index in [9.17, 15) is 9.18 Å². The summed E-state index contributed by atoms with van der Waals surface area (Å²) in [6, 6.07) is 15.0. The zero-order chi connectivity index (χ0) is 19.1. The van der Waals surface area contributed by atoms with E-state index in [4.69, 9.17) is 0 Å². The Kier molecular flexibility index (Phi) is 6.10. The molecule has 2 N–H and O–H groups in total. The minimum atomic E-state index is -0.304. The second-order valence-electron chi connectivity index (χ2n) is 6.09. The predicted octanol–water partition coefficient (Wildman–Crippen LogP) is 4.56. The highest BCUT2D eigenvalue weighted by atomic mass is 19.1. The number of hydrogen-bond donors (Lipinski definition) is 2. The van der Waals surface area contributed by atoms with E-state index in [2.05, 4.69) is 27.5 Å². The molecule has 3 rings (SSSR count). The first-order valence-electron chi connectivity index (χ1n) is 8.90. The van der Waals surface area contributed by atoms with Gasteiger partial charge in [-0.15, -0.1) is 0 Å². The number of amides is 1. The lowest BCUT2D eigenvalue weighted by Gasteiger charge is -2.09. The van der Waals surface area contributed by atoms with E-state index in [1.165, 1.54) is 12.1 Å². The fraction of sp³-hybridized carbons (Fsp3) is 0.190. The lowest BCUT2D eigenvalue weighted by atomic mass is 10.2. The van der Waals surface area contributed by atoms with Crippen LogP contribution in [-0.4, -0.2) is 22.4 Å². The molecule has 0 aliphatic rings. The van der Waals surface area contributed by atoms with Crippen LogP contribution in [0.3, 0.4) is 0 Å². The standard InChI is InChI=1S/C21H21FN4O/c1-2-3-12-24-21(27)16-5-4-6-18(14-16)25-19-11-13-23-20(26-19)15-7-9-17(22)10-8-15/h4-11,13-14H,2-3,12H2,1H3,(H,24,27)(H,23,25,26). The van der Waals surface area contributed by atoms with E-state index >= 15 is 0 Å². The summed E-state index contributed by atoms with van der Waals surface area (Å²) in [4.78, 5) is 20.9. The predicted molar refractivity (Wildman–Crippen MR) is 104 cm³/mol. The van der Waals surface area contributed by atoms with Crippen molar-refractivity contribution in [2.24, 2.45) is 0 Å². The number of rotatable bonds is 7. The van der Waals surface area contributed by atoms with Crippen molar-refractivity contribution in [1.82, 2.24) is 15.3 Å². The third-order valence-corrected chi connectivity index (χ3v) is 3.97. The van der Waals surface area contributed by atoms with Crippen molar-refractivity contribution in [3.05, 3.63) is 72.2 Å². The Morgan fingerprint density at radius 1 is 1.11 bits per heavy atom. The smallest absolute Gasteiger partial charge is 0.251 e. The van der Waals surface area contributed by atoms with E-state index in [1.54, 1.807) is 36.5 Å². The number of anilines is 2. The second kappa shape index (κ2) is 8.89. The summed E-state index contributed by atoms with van der Waals surface area (Å²) in [5.41, 5.74) is 2.06. The maximum Gasteiger partial charge on any atom is 0.251 e. The van der Waals surface area contributed by atoms with Gasteiger partial charge in [0.05, 0.1) is 0 Å². The molecule has 138 valence electrons. The van der Waals surface area contributed by atoms with Crippen molar-refractivity contribution >= 4 is 17.4 Å². The minimum absolute atomic E-state index is 0.0956. The van der Waals surface area contributed by atoms with E-state index < -0.39 is 0 Å². The molecule has 0 fully saturated rings. The normalized spacial score (nSPS) is 10.4. The molecule has 0 saturated carbocycles. The zero-order valence-electron chi connectivity index (χ0n) is 15.1. The molecule has 0 spiro atoms. The molecule has 27 heavy (non-hydrogen) atoms. The Balaban J connectivity index is 1.74. The van der Waals surface area contributed by atoms with Gasteiger partial charge in [0.1, 0.15) is 11.6 Å². The van der Waals surface area contributed by atoms with Crippen molar-refractivity contribution in [1.29, 1.82) is 0 Å². The SMILES string of the molecule is CCCCNC(=O)c1cccc(Nc2ccnc(-c3ccc(F)cc3)n2)c1. The molecule has 1 aromatic heterocycles. The van der Waals surface area contributed by atoms with E-state index in [0.717, 1.165) is 24.1 Å². The highest BCUT2D eigenvalue weighted by Gasteiger charge is 2.07. The number of benzene rings is 2. The molecule has 0 atom stereocenters. The number of nitrogens with zero attached hydrogens (tertiary/aromatic N) is 2. The van der Waals surface area contributed by atoms with Gasteiger partial charge in [-0.1, -0.05) is 19.4 Å². The van der Waals surface area contributed by atoms with Crippen LogP contribution in [0.1, 0.15) is 30.1 Å². The van der Waals surface area contributed by atoms with Crippen LogP contribution in [0.2, 0.25) is 0 Å². The Labute approximate surface area is 157 Å². The monoisotopic (exact) mass is 364 g/mol. The first-order chi connectivity index (χ1) is 13.2. The third-order valence-electron chi connectivity index (χ3n) is 3.97. The van der Waals surface area contributed by atoms with Crippen LogP contribution in [0.4, 0.5) is 15.9 Å². The Bertz CT molecular complexity index is 912. The van der Waals surface area contributed by atoms with E-state index in [-0.39, 0.29) is 11.7 Å². The molecule has 0 bridgehead atoms. The molecule has 1 heterocycles. The van der Waals surface area contributed by atoms with Crippen molar-refractivity contribution in [2.45, 2.75) is 19.8 Å². The van der Waals surface area contributed by atoms with E-state index in [0.29, 0.717) is 23.8 Å². The van der Waals surface area contributed by atoms with Crippen molar-refractivity contribution in [2.75, 3.05) is 11.9 Å². The lowest BCUT2D eigenvalue weighted by molar-refractivity contribution is 0.0953. The largest absolute Gasteiger partial charge is 0.352 e. The molecule has 0 radical (unpaired) electrons. The number of halogens is 1.